The van der Waals surface area contributed by atoms with Gasteiger partial charge in [0.05, 0.1) is 17.6 Å². The summed E-state index contributed by atoms with van der Waals surface area (Å²) in [6, 6.07) is 6.78. The van der Waals surface area contributed by atoms with Crippen LogP contribution >= 0.6 is 15.9 Å². The highest BCUT2D eigenvalue weighted by Crippen LogP contribution is 2.13. The van der Waals surface area contributed by atoms with E-state index in [0.717, 1.165) is 10.9 Å². The number of sulfonamides is 1. The molecule has 1 aliphatic heterocycles. The Morgan fingerprint density at radius 1 is 1.38 bits per heavy atom. The molecule has 0 aliphatic carbocycles. The number of halogens is 1. The van der Waals surface area contributed by atoms with Crippen LogP contribution in [0.4, 0.5) is 0 Å². The van der Waals surface area contributed by atoms with Crippen molar-refractivity contribution < 1.29 is 13.2 Å². The number of hydrogen-bond donors (Lipinski definition) is 1. The molecule has 1 aliphatic rings. The number of epoxide rings is 1. The van der Waals surface area contributed by atoms with Gasteiger partial charge in [-0.05, 0) is 17.7 Å². The Morgan fingerprint density at radius 3 is 2.50 bits per heavy atom. The molecule has 1 heterocycles. The van der Waals surface area contributed by atoms with E-state index in [2.05, 4.69) is 20.7 Å². The van der Waals surface area contributed by atoms with Crippen LogP contribution in [0.1, 0.15) is 5.56 Å². The first-order chi connectivity index (χ1) is 7.62. The third-order valence-electron chi connectivity index (χ3n) is 2.29. The van der Waals surface area contributed by atoms with Gasteiger partial charge >= 0.3 is 0 Å². The van der Waals surface area contributed by atoms with Crippen molar-refractivity contribution in [2.45, 2.75) is 16.3 Å². The van der Waals surface area contributed by atoms with Gasteiger partial charge in [0.1, 0.15) is 0 Å². The van der Waals surface area contributed by atoms with Gasteiger partial charge in [0, 0.05) is 11.9 Å². The summed E-state index contributed by atoms with van der Waals surface area (Å²) < 4.78 is 31.0. The molecule has 2 rings (SSSR count). The van der Waals surface area contributed by atoms with Crippen LogP contribution < -0.4 is 4.72 Å². The van der Waals surface area contributed by atoms with Crippen LogP contribution in [0.3, 0.4) is 0 Å². The van der Waals surface area contributed by atoms with E-state index in [0.29, 0.717) is 13.2 Å². The fourth-order valence-corrected chi connectivity index (χ4v) is 2.67. The summed E-state index contributed by atoms with van der Waals surface area (Å²) in [4.78, 5) is 0.290. The largest absolute Gasteiger partial charge is 0.372 e. The minimum atomic E-state index is -3.39. The van der Waals surface area contributed by atoms with Crippen molar-refractivity contribution in [2.75, 3.05) is 13.2 Å². The number of hydrogen-bond acceptors (Lipinski definition) is 3. The molecule has 0 saturated carbocycles. The van der Waals surface area contributed by atoms with Crippen LogP contribution in [0.25, 0.3) is 0 Å². The monoisotopic (exact) mass is 305 g/mol. The fourth-order valence-electron chi connectivity index (χ4n) is 1.23. The molecule has 0 aromatic heterocycles. The first-order valence-corrected chi connectivity index (χ1v) is 7.48. The maximum absolute atomic E-state index is 11.8. The zero-order valence-corrected chi connectivity index (χ0v) is 10.9. The van der Waals surface area contributed by atoms with Gasteiger partial charge < -0.3 is 4.74 Å². The smallest absolute Gasteiger partial charge is 0.240 e. The second-order valence-electron chi connectivity index (χ2n) is 3.58. The molecule has 1 N–H and O–H groups in total. The highest BCUT2D eigenvalue weighted by Gasteiger charge is 2.25. The number of alkyl halides is 1. The van der Waals surface area contributed by atoms with Crippen LogP contribution in [0.15, 0.2) is 29.2 Å². The van der Waals surface area contributed by atoms with Crippen LogP contribution in [0.2, 0.25) is 0 Å². The molecule has 1 aromatic rings. The SMILES string of the molecule is O=S(=O)(NCC1CO1)c1ccc(CBr)cc1. The lowest BCUT2D eigenvalue weighted by atomic mass is 10.2. The molecule has 0 bridgehead atoms. The molecule has 0 spiro atoms. The van der Waals surface area contributed by atoms with Crippen LogP contribution in [0.5, 0.6) is 0 Å². The van der Waals surface area contributed by atoms with E-state index in [1.54, 1.807) is 24.3 Å². The second-order valence-corrected chi connectivity index (χ2v) is 5.91. The Labute approximate surface area is 103 Å². The molecule has 1 saturated heterocycles. The van der Waals surface area contributed by atoms with Crippen molar-refractivity contribution in [3.05, 3.63) is 29.8 Å². The summed E-state index contributed by atoms with van der Waals surface area (Å²) >= 11 is 3.31. The summed E-state index contributed by atoms with van der Waals surface area (Å²) in [5.74, 6) is 0. The Hall–Kier alpha value is -0.430. The van der Waals surface area contributed by atoms with Crippen molar-refractivity contribution >= 4 is 26.0 Å². The zero-order chi connectivity index (χ0) is 11.6. The van der Waals surface area contributed by atoms with E-state index in [1.165, 1.54) is 0 Å². The van der Waals surface area contributed by atoms with Crippen LogP contribution in [-0.2, 0) is 20.1 Å². The Morgan fingerprint density at radius 2 is 2.00 bits per heavy atom. The third kappa shape index (κ3) is 3.04. The molecule has 16 heavy (non-hydrogen) atoms. The van der Waals surface area contributed by atoms with E-state index >= 15 is 0 Å². The molecular weight excluding hydrogens is 294 g/mol. The molecule has 0 radical (unpaired) electrons. The standard InChI is InChI=1S/C10H12BrNO3S/c11-5-8-1-3-10(4-2-8)16(13,14)12-6-9-7-15-9/h1-4,9,12H,5-7H2. The average Bonchev–Trinajstić information content (AvgIpc) is 3.10. The fraction of sp³-hybridized carbons (Fsp3) is 0.400. The van der Waals surface area contributed by atoms with E-state index in [4.69, 9.17) is 4.74 Å². The van der Waals surface area contributed by atoms with Crippen molar-refractivity contribution in [3.8, 4) is 0 Å². The summed E-state index contributed by atoms with van der Waals surface area (Å²) in [6.07, 6.45) is 0.0524. The van der Waals surface area contributed by atoms with Crippen LogP contribution in [0, 0.1) is 0 Å². The normalized spacial score (nSPS) is 19.7. The van der Waals surface area contributed by atoms with Crippen molar-refractivity contribution in [2.24, 2.45) is 0 Å². The van der Waals surface area contributed by atoms with E-state index in [1.807, 2.05) is 0 Å². The van der Waals surface area contributed by atoms with E-state index < -0.39 is 10.0 Å². The lowest BCUT2D eigenvalue weighted by molar-refractivity contribution is 0.406. The van der Waals surface area contributed by atoms with Crippen molar-refractivity contribution in [3.63, 3.8) is 0 Å². The van der Waals surface area contributed by atoms with Crippen LogP contribution in [-0.4, -0.2) is 27.7 Å². The highest BCUT2D eigenvalue weighted by molar-refractivity contribution is 9.08. The first-order valence-electron chi connectivity index (χ1n) is 4.88. The molecule has 0 amide bonds. The molecule has 1 atom stereocenters. The molecule has 1 fully saturated rings. The summed E-state index contributed by atoms with van der Waals surface area (Å²) in [5.41, 5.74) is 1.05. The lowest BCUT2D eigenvalue weighted by Crippen LogP contribution is -2.27. The minimum absolute atomic E-state index is 0.0524. The molecule has 1 unspecified atom stereocenters. The summed E-state index contributed by atoms with van der Waals surface area (Å²) in [5, 5.41) is 0.719. The predicted octanol–water partition coefficient (Wildman–Crippen LogP) is 1.26. The molecule has 88 valence electrons. The molecule has 6 heteroatoms. The quantitative estimate of drug-likeness (QED) is 0.658. The predicted molar refractivity (Wildman–Crippen MR) is 64.0 cm³/mol. The maximum Gasteiger partial charge on any atom is 0.240 e. The molecular formula is C10H12BrNO3S. The van der Waals surface area contributed by atoms with Crippen molar-refractivity contribution in [1.82, 2.24) is 4.72 Å². The molecule has 1 aromatic carbocycles. The van der Waals surface area contributed by atoms with Gasteiger partial charge in [-0.25, -0.2) is 13.1 Å². The Kier molecular flexibility index (Phi) is 3.63. The zero-order valence-electron chi connectivity index (χ0n) is 8.52. The summed E-state index contributed by atoms with van der Waals surface area (Å²) in [7, 11) is -3.39. The summed E-state index contributed by atoms with van der Waals surface area (Å²) in [6.45, 7) is 0.994. The second kappa shape index (κ2) is 4.83. The number of rotatable bonds is 5. The van der Waals surface area contributed by atoms with Gasteiger partial charge in [-0.1, -0.05) is 28.1 Å². The Bertz CT molecular complexity index is 453. The van der Waals surface area contributed by atoms with Crippen molar-refractivity contribution in [1.29, 1.82) is 0 Å². The van der Waals surface area contributed by atoms with Gasteiger partial charge in [-0.2, -0.15) is 0 Å². The number of ether oxygens (including phenoxy) is 1. The number of nitrogens with one attached hydrogen (secondary N) is 1. The first kappa shape index (κ1) is 12.0. The van der Waals surface area contributed by atoms with Gasteiger partial charge in [0.25, 0.3) is 0 Å². The topological polar surface area (TPSA) is 58.7 Å². The lowest BCUT2D eigenvalue weighted by Gasteiger charge is -2.05. The van der Waals surface area contributed by atoms with E-state index in [-0.39, 0.29) is 11.0 Å². The third-order valence-corrected chi connectivity index (χ3v) is 4.38. The van der Waals surface area contributed by atoms with Gasteiger partial charge in [0.15, 0.2) is 0 Å². The van der Waals surface area contributed by atoms with Gasteiger partial charge in [0.2, 0.25) is 10.0 Å². The highest BCUT2D eigenvalue weighted by atomic mass is 79.9. The maximum atomic E-state index is 11.8. The van der Waals surface area contributed by atoms with Gasteiger partial charge in [-0.3, -0.25) is 0 Å². The van der Waals surface area contributed by atoms with Gasteiger partial charge in [-0.15, -0.1) is 0 Å². The minimum Gasteiger partial charge on any atom is -0.372 e. The number of benzene rings is 1. The average molecular weight is 306 g/mol. The Balaban J connectivity index is 2.07. The van der Waals surface area contributed by atoms with E-state index in [9.17, 15) is 8.42 Å². The molecule has 4 nitrogen and oxygen atoms in total.